The van der Waals surface area contributed by atoms with Crippen molar-refractivity contribution in [2.45, 2.75) is 32.1 Å². The fourth-order valence-corrected chi connectivity index (χ4v) is 3.51. The van der Waals surface area contributed by atoms with E-state index in [2.05, 4.69) is 42.6 Å². The molecule has 2 fully saturated rings. The van der Waals surface area contributed by atoms with Gasteiger partial charge in [-0.2, -0.15) is 0 Å². The molecule has 0 aromatic heterocycles. The maximum atomic E-state index is 6.80. The fourth-order valence-electron chi connectivity index (χ4n) is 3.51. The topological polar surface area (TPSA) is 65.0 Å². The molecule has 0 spiro atoms. The summed E-state index contributed by atoms with van der Waals surface area (Å²) in [5, 5.41) is 1.91. The lowest BCUT2D eigenvalue weighted by atomic mass is 10.0. The van der Waals surface area contributed by atoms with Crippen LogP contribution in [-0.4, -0.2) is 84.9 Å². The van der Waals surface area contributed by atoms with E-state index >= 15 is 0 Å². The molecule has 0 radical (unpaired) electrons. The standard InChI is InChI=1S/C14H32N6/c1-12-10-18(4)11-14(15,20(16)13(12)2)19-7-5-6-17(3)8-9-19/h12-13H,5-11,15-16H2,1-4H3. The van der Waals surface area contributed by atoms with Gasteiger partial charge in [-0.1, -0.05) is 6.92 Å². The summed E-state index contributed by atoms with van der Waals surface area (Å²) in [6.45, 7) is 10.5. The van der Waals surface area contributed by atoms with Gasteiger partial charge in [0.15, 0.2) is 5.79 Å². The molecule has 6 heteroatoms. The lowest BCUT2D eigenvalue weighted by Crippen LogP contribution is -2.74. The van der Waals surface area contributed by atoms with Gasteiger partial charge in [0.1, 0.15) is 0 Å². The number of nitrogens with two attached hydrogens (primary N) is 2. The summed E-state index contributed by atoms with van der Waals surface area (Å²) >= 11 is 0. The van der Waals surface area contributed by atoms with Gasteiger partial charge >= 0.3 is 0 Å². The van der Waals surface area contributed by atoms with Crippen LogP contribution in [-0.2, 0) is 0 Å². The average molecular weight is 284 g/mol. The van der Waals surface area contributed by atoms with Crippen molar-refractivity contribution in [3.63, 3.8) is 0 Å². The van der Waals surface area contributed by atoms with Crippen LogP contribution in [0.5, 0.6) is 0 Å². The SMILES string of the molecule is CC1CN(C)CC(N)(N2CCCN(C)CC2)N(N)C1C. The minimum Gasteiger partial charge on any atom is -0.305 e. The zero-order valence-corrected chi connectivity index (χ0v) is 13.5. The molecule has 0 saturated carbocycles. The molecule has 118 valence electrons. The van der Waals surface area contributed by atoms with Gasteiger partial charge < -0.3 is 9.80 Å². The minimum atomic E-state index is -0.565. The van der Waals surface area contributed by atoms with Gasteiger partial charge in [-0.15, -0.1) is 0 Å². The first-order valence-corrected chi connectivity index (χ1v) is 7.79. The van der Waals surface area contributed by atoms with Crippen LogP contribution in [0.25, 0.3) is 0 Å². The lowest BCUT2D eigenvalue weighted by Gasteiger charge is -2.48. The second kappa shape index (κ2) is 6.25. The normalized spacial score (nSPS) is 40.5. The minimum absolute atomic E-state index is 0.283. The first-order chi connectivity index (χ1) is 9.34. The zero-order valence-electron chi connectivity index (χ0n) is 13.5. The molecule has 2 heterocycles. The summed E-state index contributed by atoms with van der Waals surface area (Å²) in [6, 6.07) is 0.283. The smallest absolute Gasteiger partial charge is 0.151 e. The van der Waals surface area contributed by atoms with E-state index in [-0.39, 0.29) is 6.04 Å². The number of hydrogen-bond acceptors (Lipinski definition) is 6. The van der Waals surface area contributed by atoms with E-state index in [1.54, 1.807) is 0 Å². The molecule has 4 N–H and O–H groups in total. The van der Waals surface area contributed by atoms with E-state index < -0.39 is 5.79 Å². The Morgan fingerprint density at radius 3 is 2.40 bits per heavy atom. The molecule has 2 aliphatic heterocycles. The summed E-state index contributed by atoms with van der Waals surface area (Å²) in [5.74, 6) is 6.41. The van der Waals surface area contributed by atoms with E-state index in [9.17, 15) is 0 Å². The van der Waals surface area contributed by atoms with Gasteiger partial charge in [-0.3, -0.25) is 16.5 Å². The van der Waals surface area contributed by atoms with Gasteiger partial charge in [0.05, 0.1) is 0 Å². The summed E-state index contributed by atoms with van der Waals surface area (Å²) in [5.41, 5.74) is 6.80. The molecule has 20 heavy (non-hydrogen) atoms. The highest BCUT2D eigenvalue weighted by Crippen LogP contribution is 2.25. The highest BCUT2D eigenvalue weighted by atomic mass is 15.6. The van der Waals surface area contributed by atoms with E-state index in [1.165, 1.54) is 0 Å². The molecule has 2 saturated heterocycles. The molecular weight excluding hydrogens is 252 g/mol. The largest absolute Gasteiger partial charge is 0.305 e. The third-order valence-electron chi connectivity index (χ3n) is 5.08. The summed E-state index contributed by atoms with van der Waals surface area (Å²) < 4.78 is 0. The van der Waals surface area contributed by atoms with E-state index in [0.29, 0.717) is 5.92 Å². The van der Waals surface area contributed by atoms with E-state index in [4.69, 9.17) is 11.6 Å². The Kier molecular flexibility index (Phi) is 5.05. The van der Waals surface area contributed by atoms with Gasteiger partial charge in [0, 0.05) is 38.8 Å². The zero-order chi connectivity index (χ0) is 14.9. The first kappa shape index (κ1) is 16.1. The molecule has 2 rings (SSSR count). The summed E-state index contributed by atoms with van der Waals surface area (Å²) in [4.78, 5) is 7.07. The molecule has 0 bridgehead atoms. The molecular formula is C14H32N6. The predicted octanol–water partition coefficient (Wildman–Crippen LogP) is -0.618. The Morgan fingerprint density at radius 1 is 1.00 bits per heavy atom. The predicted molar refractivity (Wildman–Crippen MR) is 82.8 cm³/mol. The highest BCUT2D eigenvalue weighted by Gasteiger charge is 2.44. The Bertz CT molecular complexity index is 325. The highest BCUT2D eigenvalue weighted by molar-refractivity contribution is 4.93. The van der Waals surface area contributed by atoms with Crippen molar-refractivity contribution in [3.8, 4) is 0 Å². The van der Waals surface area contributed by atoms with E-state index in [0.717, 1.165) is 45.7 Å². The quantitative estimate of drug-likeness (QED) is 0.626. The molecule has 0 amide bonds. The molecule has 0 aliphatic carbocycles. The van der Waals surface area contributed by atoms with Crippen LogP contribution in [0.3, 0.4) is 0 Å². The molecule has 3 atom stereocenters. The molecule has 2 aliphatic rings. The molecule has 3 unspecified atom stereocenters. The van der Waals surface area contributed by atoms with Crippen LogP contribution in [0.4, 0.5) is 0 Å². The maximum absolute atomic E-state index is 6.80. The van der Waals surface area contributed by atoms with Crippen LogP contribution in [0.1, 0.15) is 20.3 Å². The van der Waals surface area contributed by atoms with Crippen molar-refractivity contribution in [1.29, 1.82) is 0 Å². The third kappa shape index (κ3) is 3.16. The van der Waals surface area contributed by atoms with Crippen LogP contribution in [0, 0.1) is 5.92 Å². The van der Waals surface area contributed by atoms with Crippen molar-refractivity contribution in [1.82, 2.24) is 19.7 Å². The van der Waals surface area contributed by atoms with Crippen molar-refractivity contribution in [3.05, 3.63) is 0 Å². The lowest BCUT2D eigenvalue weighted by molar-refractivity contribution is -0.0814. The van der Waals surface area contributed by atoms with Gasteiger partial charge in [0.25, 0.3) is 0 Å². The second-order valence-electron chi connectivity index (χ2n) is 6.84. The summed E-state index contributed by atoms with van der Waals surface area (Å²) in [7, 11) is 4.32. The van der Waals surface area contributed by atoms with Crippen molar-refractivity contribution in [2.75, 3.05) is 53.4 Å². The van der Waals surface area contributed by atoms with Crippen molar-refractivity contribution >= 4 is 0 Å². The third-order valence-corrected chi connectivity index (χ3v) is 5.08. The maximum Gasteiger partial charge on any atom is 0.151 e. The summed E-state index contributed by atoms with van der Waals surface area (Å²) in [6.07, 6.45) is 1.15. The van der Waals surface area contributed by atoms with Gasteiger partial charge in [-0.25, -0.2) is 5.01 Å². The van der Waals surface area contributed by atoms with Crippen LogP contribution in [0.2, 0.25) is 0 Å². The fraction of sp³-hybridized carbons (Fsp3) is 1.00. The van der Waals surface area contributed by atoms with Gasteiger partial charge in [0.2, 0.25) is 0 Å². The van der Waals surface area contributed by atoms with Crippen molar-refractivity contribution in [2.24, 2.45) is 17.5 Å². The Morgan fingerprint density at radius 2 is 1.70 bits per heavy atom. The van der Waals surface area contributed by atoms with Crippen LogP contribution in [0.15, 0.2) is 0 Å². The molecule has 0 aromatic carbocycles. The number of rotatable bonds is 1. The second-order valence-corrected chi connectivity index (χ2v) is 6.84. The first-order valence-electron chi connectivity index (χ1n) is 7.79. The number of likely N-dealkylation sites (N-methyl/N-ethyl adjacent to an activating group) is 2. The van der Waals surface area contributed by atoms with Gasteiger partial charge in [-0.05, 0) is 39.9 Å². The van der Waals surface area contributed by atoms with E-state index in [1.807, 2.05) is 5.01 Å². The average Bonchev–Trinajstić information content (AvgIpc) is 2.64. The number of hydrazine groups is 1. The Labute approximate surface area is 123 Å². The van der Waals surface area contributed by atoms with Crippen LogP contribution < -0.4 is 11.6 Å². The molecule has 0 aromatic rings. The molecule has 6 nitrogen and oxygen atoms in total. The monoisotopic (exact) mass is 284 g/mol. The van der Waals surface area contributed by atoms with Crippen molar-refractivity contribution < 1.29 is 0 Å². The number of hydrogen-bond donors (Lipinski definition) is 2. The number of nitrogens with zero attached hydrogens (tertiary/aromatic N) is 4. The Hall–Kier alpha value is -0.240. The van der Waals surface area contributed by atoms with Crippen LogP contribution >= 0.6 is 0 Å². The Balaban J connectivity index is 2.20.